The van der Waals surface area contributed by atoms with Gasteiger partial charge in [-0.3, -0.25) is 19.2 Å². The van der Waals surface area contributed by atoms with Gasteiger partial charge in [-0.05, 0) is 60.5 Å². The second-order valence-electron chi connectivity index (χ2n) is 13.5. The van der Waals surface area contributed by atoms with Crippen LogP contribution in [0.3, 0.4) is 0 Å². The van der Waals surface area contributed by atoms with Crippen LogP contribution in [-0.4, -0.2) is 50.8 Å². The minimum absolute atomic E-state index is 0.0629. The molecule has 204 valence electrons. The molecule has 0 bridgehead atoms. The molecule has 8 atom stereocenters. The summed E-state index contributed by atoms with van der Waals surface area (Å²) >= 11 is 0. The molecular formula is C30H42O7. The van der Waals surface area contributed by atoms with Crippen LogP contribution in [0.15, 0.2) is 22.8 Å². The largest absolute Gasteiger partial charge is 0.481 e. The number of carboxylic acid groups (broad SMARTS) is 1. The van der Waals surface area contributed by atoms with Crippen molar-refractivity contribution in [1.29, 1.82) is 0 Å². The monoisotopic (exact) mass is 514 g/mol. The van der Waals surface area contributed by atoms with Crippen molar-refractivity contribution < 1.29 is 34.5 Å². The number of aliphatic hydroxyl groups excluding tert-OH is 2. The lowest BCUT2D eigenvalue weighted by molar-refractivity contribution is -0.143. The van der Waals surface area contributed by atoms with Crippen LogP contribution in [0.25, 0.3) is 0 Å². The summed E-state index contributed by atoms with van der Waals surface area (Å²) in [6.45, 7) is 13.2. The molecule has 2 unspecified atom stereocenters. The van der Waals surface area contributed by atoms with Crippen LogP contribution in [-0.2, 0) is 19.2 Å². The van der Waals surface area contributed by atoms with Gasteiger partial charge in [0.25, 0.3) is 0 Å². The van der Waals surface area contributed by atoms with Gasteiger partial charge in [0, 0.05) is 30.3 Å². The fourth-order valence-corrected chi connectivity index (χ4v) is 8.54. The van der Waals surface area contributed by atoms with E-state index < -0.39 is 45.8 Å². The third-order valence-electron chi connectivity index (χ3n) is 11.0. The normalized spacial score (nSPS) is 40.4. The zero-order chi connectivity index (χ0) is 27.9. The lowest BCUT2D eigenvalue weighted by atomic mass is 9.42. The molecule has 7 heteroatoms. The molecule has 0 amide bonds. The molecule has 7 nitrogen and oxygen atoms in total. The third-order valence-corrected chi connectivity index (χ3v) is 11.0. The summed E-state index contributed by atoms with van der Waals surface area (Å²) < 4.78 is 0. The summed E-state index contributed by atoms with van der Waals surface area (Å²) in [6, 6.07) is 0. The topological polar surface area (TPSA) is 129 Å². The molecule has 0 heterocycles. The smallest absolute Gasteiger partial charge is 0.306 e. The number of hydrogen-bond donors (Lipinski definition) is 3. The van der Waals surface area contributed by atoms with Crippen LogP contribution in [0.5, 0.6) is 0 Å². The van der Waals surface area contributed by atoms with Gasteiger partial charge in [-0.25, -0.2) is 0 Å². The molecular weight excluding hydrogens is 472 g/mol. The summed E-state index contributed by atoms with van der Waals surface area (Å²) in [5, 5.41) is 31.5. The minimum Gasteiger partial charge on any atom is -0.481 e. The molecule has 3 N–H and O–H groups in total. The number of ketones is 3. The third kappa shape index (κ3) is 3.75. The number of rotatable bonds is 6. The number of carbonyl (C=O) groups is 4. The van der Waals surface area contributed by atoms with Gasteiger partial charge in [-0.15, -0.1) is 0 Å². The van der Waals surface area contributed by atoms with Crippen molar-refractivity contribution in [2.75, 3.05) is 0 Å². The Bertz CT molecular complexity index is 1130. The van der Waals surface area contributed by atoms with E-state index in [0.717, 1.165) is 5.57 Å². The van der Waals surface area contributed by atoms with E-state index in [2.05, 4.69) is 6.92 Å². The molecule has 0 aromatic rings. The van der Waals surface area contributed by atoms with Gasteiger partial charge in [-0.2, -0.15) is 0 Å². The van der Waals surface area contributed by atoms with E-state index in [1.165, 1.54) is 6.92 Å². The first-order chi connectivity index (χ1) is 16.9. The molecule has 4 aliphatic carbocycles. The summed E-state index contributed by atoms with van der Waals surface area (Å²) in [7, 11) is 0. The minimum atomic E-state index is -1.11. The molecule has 0 radical (unpaired) electrons. The first kappa shape index (κ1) is 27.9. The van der Waals surface area contributed by atoms with Gasteiger partial charge in [0.1, 0.15) is 5.78 Å². The molecule has 1 saturated carbocycles. The molecule has 4 aliphatic rings. The summed E-state index contributed by atoms with van der Waals surface area (Å²) in [5.74, 6) is -2.66. The Kier molecular flexibility index (Phi) is 6.56. The van der Waals surface area contributed by atoms with Crippen LogP contribution in [0, 0.1) is 39.4 Å². The van der Waals surface area contributed by atoms with Crippen LogP contribution in [0.2, 0.25) is 0 Å². The number of carboxylic acids is 1. The van der Waals surface area contributed by atoms with Crippen LogP contribution < -0.4 is 0 Å². The van der Waals surface area contributed by atoms with E-state index in [4.69, 9.17) is 5.11 Å². The van der Waals surface area contributed by atoms with Crippen molar-refractivity contribution in [3.05, 3.63) is 22.8 Å². The van der Waals surface area contributed by atoms with Crippen molar-refractivity contribution >= 4 is 23.3 Å². The highest BCUT2D eigenvalue weighted by molar-refractivity contribution is 6.09. The Hall–Kier alpha value is -2.12. The lowest BCUT2D eigenvalue weighted by Gasteiger charge is -2.61. The molecule has 0 spiro atoms. The zero-order valence-corrected chi connectivity index (χ0v) is 23.2. The second kappa shape index (κ2) is 8.70. The molecule has 0 aromatic carbocycles. The predicted octanol–water partition coefficient (Wildman–Crippen LogP) is 4.05. The fraction of sp³-hybridized carbons (Fsp3) is 0.733. The van der Waals surface area contributed by atoms with Crippen LogP contribution in [0.4, 0.5) is 0 Å². The lowest BCUT2D eigenvalue weighted by Crippen LogP contribution is -2.60. The molecule has 0 aliphatic heterocycles. The molecule has 0 aromatic heterocycles. The van der Waals surface area contributed by atoms with E-state index in [1.54, 1.807) is 6.08 Å². The predicted molar refractivity (Wildman–Crippen MR) is 137 cm³/mol. The average Bonchev–Trinajstić information content (AvgIpc) is 2.99. The van der Waals surface area contributed by atoms with Gasteiger partial charge >= 0.3 is 5.97 Å². The van der Waals surface area contributed by atoms with Gasteiger partial charge in [0.05, 0.1) is 23.5 Å². The number of hydrogen-bond acceptors (Lipinski definition) is 6. The van der Waals surface area contributed by atoms with Crippen molar-refractivity contribution in [1.82, 2.24) is 0 Å². The number of aliphatic hydroxyl groups is 2. The number of aliphatic carboxylic acids is 1. The molecule has 37 heavy (non-hydrogen) atoms. The van der Waals surface area contributed by atoms with Crippen LogP contribution >= 0.6 is 0 Å². The standard InChI is InChI=1S/C30H42O7/c1-15(10-17(31)11-16(2)26(36)37)18-12-23(35)30(7)25-19(32)13-21-27(3,4)22(34)8-9-28(21,5)24(25)20(33)14-29(18,30)6/h12,15-16,19,21-22,32,34H,8-11,13-14H2,1-7H3,(H,36,37)/t15-,16?,19+,21?,22+,28+,29-,30+/m1/s1. The zero-order valence-electron chi connectivity index (χ0n) is 23.2. The fourth-order valence-electron chi connectivity index (χ4n) is 8.54. The molecule has 1 fully saturated rings. The van der Waals surface area contributed by atoms with Crippen molar-refractivity contribution in [3.8, 4) is 0 Å². The molecule has 4 rings (SSSR count). The van der Waals surface area contributed by atoms with Gasteiger partial charge in [-0.1, -0.05) is 47.1 Å². The Morgan fingerprint density at radius 1 is 1.05 bits per heavy atom. The second-order valence-corrected chi connectivity index (χ2v) is 13.5. The van der Waals surface area contributed by atoms with E-state index in [9.17, 15) is 29.4 Å². The summed E-state index contributed by atoms with van der Waals surface area (Å²) in [6.07, 6.45) is 1.76. The van der Waals surface area contributed by atoms with E-state index in [0.29, 0.717) is 30.4 Å². The number of allylic oxidation sites excluding steroid dienone is 3. The number of fused-ring (bicyclic) bond motifs is 4. The van der Waals surface area contributed by atoms with Crippen molar-refractivity contribution in [2.45, 2.75) is 99.2 Å². The molecule has 0 saturated heterocycles. The highest BCUT2D eigenvalue weighted by Gasteiger charge is 2.68. The van der Waals surface area contributed by atoms with Gasteiger partial charge in [0.2, 0.25) is 0 Å². The Labute approximate surface area is 219 Å². The summed E-state index contributed by atoms with van der Waals surface area (Å²) in [5.41, 5.74) is -1.17. The van der Waals surface area contributed by atoms with E-state index in [-0.39, 0.29) is 48.4 Å². The highest BCUT2D eigenvalue weighted by Crippen LogP contribution is 2.69. The van der Waals surface area contributed by atoms with Crippen molar-refractivity contribution in [3.63, 3.8) is 0 Å². The van der Waals surface area contributed by atoms with E-state index >= 15 is 0 Å². The van der Waals surface area contributed by atoms with Crippen molar-refractivity contribution in [2.24, 2.45) is 39.4 Å². The average molecular weight is 515 g/mol. The Morgan fingerprint density at radius 2 is 1.68 bits per heavy atom. The van der Waals surface area contributed by atoms with Gasteiger partial charge in [0.15, 0.2) is 11.6 Å². The SMILES string of the molecule is CC(CC(=O)C[C@@H](C)C1=CC(=O)[C@@]2(C)C3=C(C(=O)C[C@]12C)[C@@]1(C)CC[C@H](O)C(C)(C)C1C[C@@H]3O)C(=O)O. The Morgan fingerprint density at radius 3 is 2.27 bits per heavy atom. The number of carbonyl (C=O) groups excluding carboxylic acids is 3. The van der Waals surface area contributed by atoms with Crippen LogP contribution in [0.1, 0.15) is 87.0 Å². The van der Waals surface area contributed by atoms with E-state index in [1.807, 2.05) is 34.6 Å². The summed E-state index contributed by atoms with van der Waals surface area (Å²) in [4.78, 5) is 51.7. The number of Topliss-reactive ketones (excluding diaryl/α,β-unsaturated/α-hetero) is 2. The quantitative estimate of drug-likeness (QED) is 0.488. The first-order valence-corrected chi connectivity index (χ1v) is 13.6. The maximum atomic E-state index is 14.0. The highest BCUT2D eigenvalue weighted by atomic mass is 16.4. The maximum absolute atomic E-state index is 14.0. The maximum Gasteiger partial charge on any atom is 0.306 e. The van der Waals surface area contributed by atoms with Gasteiger partial charge < -0.3 is 15.3 Å². The first-order valence-electron chi connectivity index (χ1n) is 13.6. The Balaban J connectivity index is 1.75.